The van der Waals surface area contributed by atoms with Gasteiger partial charge in [0, 0.05) is 37.1 Å². The molecule has 2 aromatic heterocycles. The Morgan fingerprint density at radius 2 is 1.14 bits per heavy atom. The maximum Gasteiger partial charge on any atom is 0.148 e. The number of benzene rings is 6. The van der Waals surface area contributed by atoms with Crippen LogP contribution >= 0.6 is 0 Å². The summed E-state index contributed by atoms with van der Waals surface area (Å²) >= 11 is 0. The van der Waals surface area contributed by atoms with Crippen LogP contribution in [0.4, 0.5) is 0 Å². The molecule has 0 radical (unpaired) electrons. The van der Waals surface area contributed by atoms with Crippen LogP contribution < -0.4 is 0 Å². The van der Waals surface area contributed by atoms with E-state index in [2.05, 4.69) is 196 Å². The van der Waals surface area contributed by atoms with Crippen molar-refractivity contribution in [1.29, 1.82) is 0 Å². The zero-order chi connectivity index (χ0) is 52.6. The number of hydrogen-bond acceptors (Lipinski definition) is 3. The predicted molar refractivity (Wildman–Crippen MR) is 294 cm³/mol. The molecule has 8 aromatic rings. The summed E-state index contributed by atoms with van der Waals surface area (Å²) in [6, 6.07) is 43.9. The van der Waals surface area contributed by atoms with Crippen molar-refractivity contribution in [2.75, 3.05) is 0 Å². The van der Waals surface area contributed by atoms with Crippen LogP contribution in [0, 0.1) is 12.9 Å². The van der Waals surface area contributed by atoms with Gasteiger partial charge in [0.1, 0.15) is 11.6 Å². The van der Waals surface area contributed by atoms with Gasteiger partial charge in [-0.2, -0.15) is 0 Å². The standard InChI is InChI=1S/C65H74N3O.Pt/c1-39(2)45-35-54(40(3)4)60(69)55(36-45)61-67-59-53(47-30-48(34-50(33-47)63(9,10)11)56-37-44(27-28-66-56)42-21-24-49(25-22-42)62(6,7)8)19-18-20-58(59)68(61)57-26-23-43(29-41(57)5)46-31-51(64(12,13)14)38-52(32-46)65(15,16)17;/h18-29,31-40,69H,1-17H3;/q-1;/i5D3;. The first-order valence-electron chi connectivity index (χ1n) is 26.3. The van der Waals surface area contributed by atoms with Crippen LogP contribution in [0.25, 0.3) is 72.7 Å². The summed E-state index contributed by atoms with van der Waals surface area (Å²) in [6.07, 6.45) is 1.87. The van der Waals surface area contributed by atoms with Crippen molar-refractivity contribution in [2.45, 2.75) is 151 Å². The quantitative estimate of drug-likeness (QED) is 0.154. The van der Waals surface area contributed by atoms with Gasteiger partial charge in [-0.05, 0) is 126 Å². The summed E-state index contributed by atoms with van der Waals surface area (Å²) in [5.74, 6) is 0.757. The van der Waals surface area contributed by atoms with E-state index in [0.29, 0.717) is 28.1 Å². The largest absolute Gasteiger partial charge is 0.507 e. The first-order chi connectivity index (χ1) is 33.4. The molecule has 0 bridgehead atoms. The van der Waals surface area contributed by atoms with Gasteiger partial charge in [0.15, 0.2) is 0 Å². The van der Waals surface area contributed by atoms with E-state index in [4.69, 9.17) is 9.97 Å². The SMILES string of the molecule is [2H]C([2H])([2H])c1cc(-c2cc(C(C)(C)C)cc(C(C)(C)C)c2)ccc1-n1c(-c2cc(C(C)C)cc(C(C)C)c2O)nc2c(-c3[c-]c(-c4cc(-c5ccc(C(C)(C)C)cc5)ccn4)cc(C(C)(C)C)c3)cccc21.[Pt]. The Hall–Kier alpha value is -5.57. The van der Waals surface area contributed by atoms with Crippen LogP contribution in [0.3, 0.4) is 0 Å². The number of imidazole rings is 1. The predicted octanol–water partition coefficient (Wildman–Crippen LogP) is 18.0. The van der Waals surface area contributed by atoms with Crippen molar-refractivity contribution in [2.24, 2.45) is 0 Å². The summed E-state index contributed by atoms with van der Waals surface area (Å²) in [5.41, 5.74) is 16.1. The van der Waals surface area contributed by atoms with Crippen molar-refractivity contribution in [3.8, 4) is 67.5 Å². The van der Waals surface area contributed by atoms with Gasteiger partial charge < -0.3 is 5.11 Å². The Labute approximate surface area is 438 Å². The second-order valence-corrected chi connectivity index (χ2v) is 24.0. The van der Waals surface area contributed by atoms with Crippen LogP contribution in [0.15, 0.2) is 121 Å². The molecule has 0 aliphatic carbocycles. The first kappa shape index (κ1) is 48.1. The molecule has 5 heteroatoms. The summed E-state index contributed by atoms with van der Waals surface area (Å²) in [6.45, 7) is 32.5. The number of phenols is 1. The summed E-state index contributed by atoms with van der Waals surface area (Å²) < 4.78 is 29.5. The molecule has 8 rings (SSSR count). The summed E-state index contributed by atoms with van der Waals surface area (Å²) in [7, 11) is 0. The number of pyridine rings is 1. The minimum absolute atomic E-state index is 0. The Morgan fingerprint density at radius 1 is 0.557 bits per heavy atom. The van der Waals surface area contributed by atoms with Crippen molar-refractivity contribution in [3.63, 3.8) is 0 Å². The number of hydrogen-bond donors (Lipinski definition) is 1. The third-order valence-corrected chi connectivity index (χ3v) is 13.8. The molecule has 0 saturated carbocycles. The van der Waals surface area contributed by atoms with Crippen molar-refractivity contribution < 1.29 is 30.3 Å². The molecule has 1 N–H and O–H groups in total. The Bertz CT molecular complexity index is 3300. The van der Waals surface area contributed by atoms with Gasteiger partial charge in [0.2, 0.25) is 0 Å². The van der Waals surface area contributed by atoms with E-state index >= 15 is 0 Å². The Kier molecular flexibility index (Phi) is 13.2. The monoisotopic (exact) mass is 1110 g/mol. The number of phenolic OH excluding ortho intramolecular Hbond substituents is 1. The summed E-state index contributed by atoms with van der Waals surface area (Å²) in [5, 5.41) is 12.4. The van der Waals surface area contributed by atoms with E-state index in [-0.39, 0.29) is 65.9 Å². The maximum atomic E-state index is 12.4. The molecule has 70 heavy (non-hydrogen) atoms. The van der Waals surface area contributed by atoms with Gasteiger partial charge in [-0.15, -0.1) is 29.3 Å². The second-order valence-electron chi connectivity index (χ2n) is 24.0. The Balaban J connectivity index is 0.00000780. The van der Waals surface area contributed by atoms with Crippen LogP contribution in [0.5, 0.6) is 5.75 Å². The van der Waals surface area contributed by atoms with Gasteiger partial charge >= 0.3 is 0 Å². The number of para-hydroxylation sites is 1. The number of rotatable bonds is 8. The normalized spacial score (nSPS) is 13.4. The average Bonchev–Trinajstić information content (AvgIpc) is 3.69. The molecule has 0 spiro atoms. The van der Waals surface area contributed by atoms with Crippen molar-refractivity contribution in [1.82, 2.24) is 14.5 Å². The second kappa shape index (κ2) is 19.2. The fourth-order valence-electron chi connectivity index (χ4n) is 9.14. The fraction of sp³-hybridized carbons (Fsp3) is 0.354. The first-order valence-corrected chi connectivity index (χ1v) is 24.8. The third kappa shape index (κ3) is 10.6. The topological polar surface area (TPSA) is 50.9 Å². The summed E-state index contributed by atoms with van der Waals surface area (Å²) in [4.78, 5) is 10.5. The van der Waals surface area contributed by atoms with Crippen LogP contribution in [0.2, 0.25) is 0 Å². The van der Waals surface area contributed by atoms with E-state index in [9.17, 15) is 9.22 Å². The zero-order valence-corrected chi connectivity index (χ0v) is 46.6. The molecule has 366 valence electrons. The molecule has 0 saturated heterocycles. The van der Waals surface area contributed by atoms with E-state index < -0.39 is 6.85 Å². The van der Waals surface area contributed by atoms with E-state index in [1.807, 2.05) is 47.2 Å². The maximum absolute atomic E-state index is 12.4. The molecule has 0 atom stereocenters. The smallest absolute Gasteiger partial charge is 0.148 e. The molecule has 0 aliphatic heterocycles. The van der Waals surface area contributed by atoms with Gasteiger partial charge in [-0.25, -0.2) is 4.98 Å². The molecule has 0 fully saturated rings. The molecule has 0 amide bonds. The number of fused-ring (bicyclic) bond motifs is 1. The van der Waals surface area contributed by atoms with Gasteiger partial charge in [0.25, 0.3) is 0 Å². The minimum Gasteiger partial charge on any atom is -0.507 e. The Morgan fingerprint density at radius 3 is 1.73 bits per heavy atom. The van der Waals surface area contributed by atoms with E-state index in [1.165, 1.54) is 16.7 Å². The molecule has 0 aliphatic rings. The van der Waals surface area contributed by atoms with Crippen LogP contribution in [0.1, 0.15) is 166 Å². The minimum atomic E-state index is -2.52. The zero-order valence-electron chi connectivity index (χ0n) is 47.3. The molecule has 4 nitrogen and oxygen atoms in total. The van der Waals surface area contributed by atoms with E-state index in [1.54, 1.807) is 0 Å². The van der Waals surface area contributed by atoms with Crippen molar-refractivity contribution >= 4 is 11.0 Å². The number of aromatic nitrogens is 3. The van der Waals surface area contributed by atoms with Crippen LogP contribution in [-0.2, 0) is 42.7 Å². The number of aryl methyl sites for hydroxylation is 1. The third-order valence-electron chi connectivity index (χ3n) is 13.8. The fourth-order valence-corrected chi connectivity index (χ4v) is 9.14. The molecular formula is C65H74N3OPt-. The van der Waals surface area contributed by atoms with Gasteiger partial charge in [-0.1, -0.05) is 195 Å². The van der Waals surface area contributed by atoms with E-state index in [0.717, 1.165) is 61.3 Å². The average molecular weight is 1110 g/mol. The molecule has 0 unspecified atom stereocenters. The van der Waals surface area contributed by atoms with Gasteiger partial charge in [-0.3, -0.25) is 9.55 Å². The molecule has 6 aromatic carbocycles. The number of aromatic hydroxyl groups is 1. The van der Waals surface area contributed by atoms with Crippen LogP contribution in [-0.4, -0.2) is 19.6 Å². The number of nitrogens with zero attached hydrogens (tertiary/aromatic N) is 3. The molecule has 2 heterocycles. The molecular weight excluding hydrogens is 1030 g/mol. The van der Waals surface area contributed by atoms with Gasteiger partial charge in [0.05, 0.1) is 22.3 Å². The van der Waals surface area contributed by atoms with Crippen molar-refractivity contribution in [3.05, 3.63) is 166 Å².